The van der Waals surface area contributed by atoms with Crippen LogP contribution in [0, 0.1) is 5.92 Å². The first kappa shape index (κ1) is 15.6. The van der Waals surface area contributed by atoms with Gasteiger partial charge in [0.2, 0.25) is 0 Å². The van der Waals surface area contributed by atoms with E-state index in [9.17, 15) is 23.1 Å². The number of halogens is 3. The highest BCUT2D eigenvalue weighted by Crippen LogP contribution is 2.30. The maximum Gasteiger partial charge on any atom is 0.433 e. The summed E-state index contributed by atoms with van der Waals surface area (Å²) in [6.45, 7) is 0.246. The third-order valence-corrected chi connectivity index (χ3v) is 3.60. The highest BCUT2D eigenvalue weighted by molar-refractivity contribution is 5.97. The number of carbonyl (C=O) groups excluding carboxylic acids is 1. The molecule has 1 heterocycles. The van der Waals surface area contributed by atoms with E-state index in [0.717, 1.165) is 25.0 Å². The van der Waals surface area contributed by atoms with Crippen LogP contribution in [0.3, 0.4) is 0 Å². The lowest BCUT2D eigenvalue weighted by molar-refractivity contribution is -0.141. The number of alkyl halides is 3. The molecule has 2 rings (SSSR count). The van der Waals surface area contributed by atoms with Crippen molar-refractivity contribution in [3.63, 3.8) is 0 Å². The number of nitrogens with zero attached hydrogens (tertiary/aromatic N) is 1. The van der Waals surface area contributed by atoms with E-state index in [4.69, 9.17) is 5.73 Å². The van der Waals surface area contributed by atoms with E-state index in [-0.39, 0.29) is 23.8 Å². The number of nitrogens with one attached hydrogen (secondary N) is 1. The molecular formula is C13H16F3N3O2. The molecule has 5 nitrogen and oxygen atoms in total. The van der Waals surface area contributed by atoms with E-state index in [2.05, 4.69) is 10.3 Å². The zero-order valence-corrected chi connectivity index (χ0v) is 11.2. The number of aliphatic hydroxyl groups excluding tert-OH is 1. The molecule has 21 heavy (non-hydrogen) atoms. The Morgan fingerprint density at radius 3 is 2.67 bits per heavy atom. The van der Waals surface area contributed by atoms with Crippen molar-refractivity contribution in [3.05, 3.63) is 23.4 Å². The first-order valence-electron chi connectivity index (χ1n) is 6.59. The molecule has 8 heteroatoms. The fourth-order valence-corrected chi connectivity index (χ4v) is 2.43. The van der Waals surface area contributed by atoms with Crippen LogP contribution in [0.5, 0.6) is 0 Å². The number of aliphatic hydroxyl groups is 1. The normalized spacial score (nSPS) is 22.3. The fourth-order valence-electron chi connectivity index (χ4n) is 2.43. The second-order valence-corrected chi connectivity index (χ2v) is 5.09. The van der Waals surface area contributed by atoms with Crippen LogP contribution in [0.25, 0.3) is 0 Å². The molecule has 1 aromatic rings. The van der Waals surface area contributed by atoms with Crippen LogP contribution < -0.4 is 11.1 Å². The largest absolute Gasteiger partial charge is 0.433 e. The van der Waals surface area contributed by atoms with Crippen molar-refractivity contribution < 1.29 is 23.1 Å². The molecule has 1 amide bonds. The van der Waals surface area contributed by atoms with Gasteiger partial charge in [-0.2, -0.15) is 13.2 Å². The number of nitrogens with two attached hydrogens (primary N) is 1. The summed E-state index contributed by atoms with van der Waals surface area (Å²) < 4.78 is 38.0. The van der Waals surface area contributed by atoms with Crippen LogP contribution in [0.2, 0.25) is 0 Å². The molecule has 0 aromatic carbocycles. The third-order valence-electron chi connectivity index (χ3n) is 3.60. The number of hydrogen-bond acceptors (Lipinski definition) is 4. The number of carbonyl (C=O) groups is 1. The first-order valence-corrected chi connectivity index (χ1v) is 6.59. The molecular weight excluding hydrogens is 287 g/mol. The molecule has 1 aliphatic carbocycles. The van der Waals surface area contributed by atoms with Gasteiger partial charge in [0.15, 0.2) is 0 Å². The predicted molar refractivity (Wildman–Crippen MR) is 69.6 cm³/mol. The van der Waals surface area contributed by atoms with Gasteiger partial charge in [0, 0.05) is 12.5 Å². The number of amides is 1. The van der Waals surface area contributed by atoms with Gasteiger partial charge in [-0.3, -0.25) is 4.79 Å². The van der Waals surface area contributed by atoms with Crippen LogP contribution in [0.1, 0.15) is 35.3 Å². The molecule has 116 valence electrons. The monoisotopic (exact) mass is 303 g/mol. The average molecular weight is 303 g/mol. The van der Waals surface area contributed by atoms with E-state index in [1.807, 2.05) is 0 Å². The lowest BCUT2D eigenvalue weighted by atomic mass is 10.1. The second-order valence-electron chi connectivity index (χ2n) is 5.09. The zero-order valence-electron chi connectivity index (χ0n) is 11.2. The molecule has 2 unspecified atom stereocenters. The summed E-state index contributed by atoms with van der Waals surface area (Å²) in [4.78, 5) is 14.7. The van der Waals surface area contributed by atoms with Crippen LogP contribution >= 0.6 is 0 Å². The van der Waals surface area contributed by atoms with Crippen molar-refractivity contribution in [2.45, 2.75) is 31.5 Å². The summed E-state index contributed by atoms with van der Waals surface area (Å²) in [6.07, 6.45) is -2.77. The van der Waals surface area contributed by atoms with Crippen molar-refractivity contribution in [3.8, 4) is 0 Å². The summed E-state index contributed by atoms with van der Waals surface area (Å²) in [5.41, 5.74) is 3.94. The topological polar surface area (TPSA) is 88.2 Å². The van der Waals surface area contributed by atoms with E-state index in [1.165, 1.54) is 0 Å². The second kappa shape index (κ2) is 5.88. The molecule has 1 aliphatic rings. The molecule has 1 saturated carbocycles. The van der Waals surface area contributed by atoms with Crippen LogP contribution in [0.15, 0.2) is 12.1 Å². The molecule has 0 bridgehead atoms. The SMILES string of the molecule is NC(=O)c1ccc(C(F)(F)F)nc1NCC1CCCC1O. The maximum atomic E-state index is 12.7. The Bertz CT molecular complexity index is 534. The van der Waals surface area contributed by atoms with Gasteiger partial charge >= 0.3 is 6.18 Å². The van der Waals surface area contributed by atoms with Crippen molar-refractivity contribution >= 4 is 11.7 Å². The van der Waals surface area contributed by atoms with Crippen LogP contribution in [0.4, 0.5) is 19.0 Å². The Hall–Kier alpha value is -1.83. The predicted octanol–water partition coefficient (Wildman–Crippen LogP) is 1.77. The quantitative estimate of drug-likeness (QED) is 0.791. The number of anilines is 1. The van der Waals surface area contributed by atoms with Gasteiger partial charge in [-0.15, -0.1) is 0 Å². The van der Waals surface area contributed by atoms with E-state index < -0.39 is 23.9 Å². The molecule has 4 N–H and O–H groups in total. The molecule has 0 spiro atoms. The van der Waals surface area contributed by atoms with Gasteiger partial charge in [-0.1, -0.05) is 6.42 Å². The van der Waals surface area contributed by atoms with E-state index in [0.29, 0.717) is 6.42 Å². The molecule has 1 aromatic heterocycles. The average Bonchev–Trinajstić information content (AvgIpc) is 2.80. The summed E-state index contributed by atoms with van der Waals surface area (Å²) in [7, 11) is 0. The zero-order chi connectivity index (χ0) is 15.6. The van der Waals surface area contributed by atoms with Gasteiger partial charge in [0.25, 0.3) is 5.91 Å². The Labute approximate surface area is 119 Å². The minimum Gasteiger partial charge on any atom is -0.393 e. The molecule has 0 aliphatic heterocycles. The number of hydrogen-bond donors (Lipinski definition) is 3. The maximum absolute atomic E-state index is 12.7. The van der Waals surface area contributed by atoms with E-state index >= 15 is 0 Å². The smallest absolute Gasteiger partial charge is 0.393 e. The lowest BCUT2D eigenvalue weighted by Crippen LogP contribution is -2.25. The Balaban J connectivity index is 2.20. The highest BCUT2D eigenvalue weighted by Gasteiger charge is 2.33. The summed E-state index contributed by atoms with van der Waals surface area (Å²) in [5.74, 6) is -1.12. The molecule has 2 atom stereocenters. The molecule has 0 saturated heterocycles. The van der Waals surface area contributed by atoms with Gasteiger partial charge in [-0.25, -0.2) is 4.98 Å². The lowest BCUT2D eigenvalue weighted by Gasteiger charge is -2.17. The number of rotatable bonds is 4. The molecule has 1 fully saturated rings. The van der Waals surface area contributed by atoms with Crippen LogP contribution in [-0.4, -0.2) is 28.6 Å². The van der Waals surface area contributed by atoms with Gasteiger partial charge < -0.3 is 16.2 Å². The number of pyridine rings is 1. The standard InChI is InChI=1S/C13H16F3N3O2/c14-13(15,16)10-5-4-8(11(17)21)12(19-10)18-6-7-2-1-3-9(7)20/h4-5,7,9,20H,1-3,6H2,(H2,17,21)(H,18,19). The van der Waals surface area contributed by atoms with Crippen molar-refractivity contribution in [2.24, 2.45) is 11.7 Å². The Kier molecular flexibility index (Phi) is 4.36. The molecule has 0 radical (unpaired) electrons. The van der Waals surface area contributed by atoms with Crippen molar-refractivity contribution in [1.29, 1.82) is 0 Å². The Morgan fingerprint density at radius 1 is 1.43 bits per heavy atom. The number of aromatic nitrogens is 1. The summed E-state index contributed by atoms with van der Waals surface area (Å²) >= 11 is 0. The minimum atomic E-state index is -4.60. The van der Waals surface area contributed by atoms with Gasteiger partial charge in [-0.05, 0) is 25.0 Å². The van der Waals surface area contributed by atoms with Gasteiger partial charge in [0.05, 0.1) is 11.7 Å². The summed E-state index contributed by atoms with van der Waals surface area (Å²) in [5, 5.41) is 12.4. The van der Waals surface area contributed by atoms with Crippen LogP contribution in [-0.2, 0) is 6.18 Å². The fraction of sp³-hybridized carbons (Fsp3) is 0.538. The van der Waals surface area contributed by atoms with Gasteiger partial charge in [0.1, 0.15) is 11.5 Å². The number of primary amides is 1. The summed E-state index contributed by atoms with van der Waals surface area (Å²) in [6, 6.07) is 1.72. The highest BCUT2D eigenvalue weighted by atomic mass is 19.4. The van der Waals surface area contributed by atoms with E-state index in [1.54, 1.807) is 0 Å². The first-order chi connectivity index (χ1) is 9.79. The van der Waals surface area contributed by atoms with Crippen molar-refractivity contribution in [1.82, 2.24) is 4.98 Å². The Morgan fingerprint density at radius 2 is 2.14 bits per heavy atom. The minimum absolute atomic E-state index is 0.0675. The third kappa shape index (κ3) is 3.63. The van der Waals surface area contributed by atoms with Crippen molar-refractivity contribution in [2.75, 3.05) is 11.9 Å².